The van der Waals surface area contributed by atoms with E-state index in [1.54, 1.807) is 17.7 Å². The summed E-state index contributed by atoms with van der Waals surface area (Å²) in [7, 11) is 0. The maximum absolute atomic E-state index is 11.7. The first-order valence-corrected chi connectivity index (χ1v) is 15.7. The van der Waals surface area contributed by atoms with Gasteiger partial charge in [0, 0.05) is 28.3 Å². The van der Waals surface area contributed by atoms with Crippen LogP contribution >= 0.6 is 0 Å². The molecule has 8 rings (SSSR count). The van der Waals surface area contributed by atoms with Gasteiger partial charge in [-0.05, 0) is 103 Å². The zero-order valence-corrected chi connectivity index (χ0v) is 25.0. The average Bonchev–Trinajstić information content (AvgIpc) is 3.89. The molecule has 0 aliphatic heterocycles. The van der Waals surface area contributed by atoms with Crippen molar-refractivity contribution in [1.29, 1.82) is 0 Å². The van der Waals surface area contributed by atoms with Crippen LogP contribution in [0.1, 0.15) is 72.8 Å². The predicted octanol–water partition coefficient (Wildman–Crippen LogP) is 9.87. The van der Waals surface area contributed by atoms with Crippen LogP contribution in [-0.4, -0.2) is 5.11 Å². The second-order valence-electron chi connectivity index (χ2n) is 12.4. The van der Waals surface area contributed by atoms with Crippen molar-refractivity contribution in [1.82, 2.24) is 0 Å². The number of aryl methyl sites for hydroxylation is 2. The summed E-state index contributed by atoms with van der Waals surface area (Å²) in [5.41, 5.74) is 9.72. The van der Waals surface area contributed by atoms with Crippen molar-refractivity contribution >= 4 is 27.3 Å². The molecule has 2 atom stereocenters. The van der Waals surface area contributed by atoms with Gasteiger partial charge in [-0.3, -0.25) is 0 Å². The first-order valence-electron chi connectivity index (χ1n) is 15.7. The third-order valence-electron chi connectivity index (χ3n) is 9.70. The minimum atomic E-state index is -0.302. The molecule has 2 unspecified atom stereocenters. The summed E-state index contributed by atoms with van der Waals surface area (Å²) in [6.07, 6.45) is 12.1. The molecule has 1 aromatic heterocycles. The van der Waals surface area contributed by atoms with Crippen molar-refractivity contribution in [2.45, 2.75) is 58.3 Å². The molecule has 0 spiro atoms. The van der Waals surface area contributed by atoms with Crippen LogP contribution in [0.15, 0.2) is 112 Å². The van der Waals surface area contributed by atoms with Crippen LogP contribution in [0.2, 0.25) is 0 Å². The first kappa shape index (κ1) is 27.5. The van der Waals surface area contributed by atoms with Crippen molar-refractivity contribution in [2.24, 2.45) is 11.8 Å². The van der Waals surface area contributed by atoms with Crippen LogP contribution in [0.5, 0.6) is 5.75 Å². The second kappa shape index (κ2) is 11.4. The van der Waals surface area contributed by atoms with E-state index in [4.69, 9.17) is 4.42 Å². The monoisotopic (exact) mass is 566 g/mol. The third-order valence-corrected chi connectivity index (χ3v) is 9.70. The number of hydrogen-bond donors (Lipinski definition) is 1. The molecular formula is C40H38O3. The van der Waals surface area contributed by atoms with Crippen LogP contribution in [0.25, 0.3) is 27.3 Å². The Morgan fingerprint density at radius 3 is 2.51 bits per heavy atom. The van der Waals surface area contributed by atoms with Crippen molar-refractivity contribution in [3.63, 3.8) is 0 Å². The number of fused-ring (bicyclic) bond motifs is 5. The average molecular weight is 567 g/mol. The summed E-state index contributed by atoms with van der Waals surface area (Å²) in [5, 5.41) is 14.9. The molecule has 1 saturated carbocycles. The highest BCUT2D eigenvalue weighted by Crippen LogP contribution is 2.49. The zero-order chi connectivity index (χ0) is 29.5. The van der Waals surface area contributed by atoms with E-state index in [1.807, 2.05) is 18.2 Å². The Morgan fingerprint density at radius 1 is 0.930 bits per heavy atom. The molecule has 1 heterocycles. The van der Waals surface area contributed by atoms with Gasteiger partial charge >= 0.3 is 5.63 Å². The molecule has 3 heteroatoms. The Balaban J connectivity index is 0.000000229. The lowest BCUT2D eigenvalue weighted by Gasteiger charge is -2.30. The lowest BCUT2D eigenvalue weighted by molar-refractivity contribution is 0.469. The summed E-state index contributed by atoms with van der Waals surface area (Å²) in [6.45, 7) is 4.42. The molecule has 5 aromatic rings. The molecule has 3 nitrogen and oxygen atoms in total. The Kier molecular flexibility index (Phi) is 7.26. The van der Waals surface area contributed by atoms with E-state index in [0.29, 0.717) is 11.3 Å². The lowest BCUT2D eigenvalue weighted by atomic mass is 9.75. The fourth-order valence-corrected chi connectivity index (χ4v) is 7.32. The quantitative estimate of drug-likeness (QED) is 0.220. The van der Waals surface area contributed by atoms with E-state index in [-0.39, 0.29) is 11.5 Å². The highest BCUT2D eigenvalue weighted by atomic mass is 16.4. The largest absolute Gasteiger partial charge is 0.507 e. The van der Waals surface area contributed by atoms with Crippen LogP contribution in [0, 0.1) is 18.8 Å². The number of para-hydroxylation sites is 1. The Labute approximate surface area is 253 Å². The van der Waals surface area contributed by atoms with E-state index in [1.165, 1.54) is 58.5 Å². The van der Waals surface area contributed by atoms with E-state index >= 15 is 0 Å². The fourth-order valence-electron chi connectivity index (χ4n) is 7.32. The Morgan fingerprint density at radius 2 is 1.72 bits per heavy atom. The van der Waals surface area contributed by atoms with E-state index < -0.39 is 0 Å². The normalized spacial score (nSPS) is 18.1. The number of benzene rings is 4. The van der Waals surface area contributed by atoms with Gasteiger partial charge in [0.15, 0.2) is 0 Å². The number of aromatic hydroxyl groups is 1. The van der Waals surface area contributed by atoms with Crippen LogP contribution in [-0.2, 0) is 6.42 Å². The SMILES string of the molecule is CCC(c1ccccc1)c1cc(C)c2ccc3c(c2c1O)CCC1=C3C=CC(C2CC2)C1.O=c1ccc2ccccc2o1. The highest BCUT2D eigenvalue weighted by Gasteiger charge is 2.34. The van der Waals surface area contributed by atoms with Crippen molar-refractivity contribution in [3.05, 3.63) is 141 Å². The summed E-state index contributed by atoms with van der Waals surface area (Å²) in [4.78, 5) is 10.7. The molecule has 0 bridgehead atoms. The maximum Gasteiger partial charge on any atom is 0.336 e. The van der Waals surface area contributed by atoms with Crippen molar-refractivity contribution < 1.29 is 9.52 Å². The molecule has 0 radical (unpaired) electrons. The molecule has 216 valence electrons. The molecule has 0 amide bonds. The number of hydrogen-bond acceptors (Lipinski definition) is 3. The molecule has 43 heavy (non-hydrogen) atoms. The molecule has 4 aromatic carbocycles. The Bertz CT molecular complexity index is 1940. The molecule has 1 fully saturated rings. The minimum Gasteiger partial charge on any atom is -0.507 e. The summed E-state index contributed by atoms with van der Waals surface area (Å²) >= 11 is 0. The van der Waals surface area contributed by atoms with Gasteiger partial charge in [-0.2, -0.15) is 0 Å². The molecule has 3 aliphatic rings. The van der Waals surface area contributed by atoms with Crippen molar-refractivity contribution in [2.75, 3.05) is 0 Å². The second-order valence-corrected chi connectivity index (χ2v) is 12.4. The van der Waals surface area contributed by atoms with Crippen LogP contribution < -0.4 is 5.63 Å². The summed E-state index contributed by atoms with van der Waals surface area (Å²) in [5.74, 6) is 2.39. The molecule has 0 saturated heterocycles. The van der Waals surface area contributed by atoms with Gasteiger partial charge in [-0.1, -0.05) is 91.4 Å². The molecular weight excluding hydrogens is 528 g/mol. The van der Waals surface area contributed by atoms with Crippen LogP contribution in [0.4, 0.5) is 0 Å². The van der Waals surface area contributed by atoms with E-state index in [0.717, 1.165) is 47.4 Å². The fraction of sp³-hybridized carbons (Fsp3) is 0.275. The number of allylic oxidation sites excluding steroid dienone is 4. The highest BCUT2D eigenvalue weighted by molar-refractivity contribution is 5.99. The third kappa shape index (κ3) is 5.22. The molecule has 3 aliphatic carbocycles. The molecule has 1 N–H and O–H groups in total. The smallest absolute Gasteiger partial charge is 0.336 e. The van der Waals surface area contributed by atoms with Crippen molar-refractivity contribution in [3.8, 4) is 5.75 Å². The summed E-state index contributed by atoms with van der Waals surface area (Å²) < 4.78 is 4.91. The zero-order valence-electron chi connectivity index (χ0n) is 25.0. The number of rotatable bonds is 4. The predicted molar refractivity (Wildman–Crippen MR) is 177 cm³/mol. The number of phenolic OH excluding ortho intramolecular Hbond substituents is 1. The maximum atomic E-state index is 11.7. The number of phenols is 1. The minimum absolute atomic E-state index is 0.211. The summed E-state index contributed by atoms with van der Waals surface area (Å²) in [6, 6.07) is 28.0. The topological polar surface area (TPSA) is 50.4 Å². The van der Waals surface area contributed by atoms with Gasteiger partial charge in [0.1, 0.15) is 11.3 Å². The Hall–Kier alpha value is -4.37. The van der Waals surface area contributed by atoms with Gasteiger partial charge < -0.3 is 9.52 Å². The van der Waals surface area contributed by atoms with Gasteiger partial charge in [0.05, 0.1) is 0 Å². The van der Waals surface area contributed by atoms with E-state index in [2.05, 4.69) is 74.5 Å². The van der Waals surface area contributed by atoms with Gasteiger partial charge in [0.2, 0.25) is 0 Å². The standard InChI is InChI=1S/C31H32O.C9H6O2/c1-3-24(21-7-5-4-6-8-21)29-17-19(2)25-15-16-27-26-13-11-22(20-9-10-20)18-23(26)12-14-28(27)30(25)31(29)32;10-9-6-5-7-3-1-2-4-8(7)11-9/h4-8,11,13,15-17,20,22,24,32H,3,9-10,12,14,18H2,1-2H3;1-6H. The van der Waals surface area contributed by atoms with Crippen LogP contribution in [0.3, 0.4) is 0 Å². The van der Waals surface area contributed by atoms with Gasteiger partial charge in [-0.25, -0.2) is 4.79 Å². The lowest BCUT2D eigenvalue weighted by Crippen LogP contribution is -2.13. The van der Waals surface area contributed by atoms with Gasteiger partial charge in [0.25, 0.3) is 0 Å². The van der Waals surface area contributed by atoms with E-state index in [9.17, 15) is 9.90 Å². The van der Waals surface area contributed by atoms with Gasteiger partial charge in [-0.15, -0.1) is 0 Å². The first-order chi connectivity index (χ1) is 21.0.